The quantitative estimate of drug-likeness (QED) is 0.946. The van der Waals surface area contributed by atoms with Crippen LogP contribution >= 0.6 is 0 Å². The first kappa shape index (κ1) is 14.6. The molecule has 1 aliphatic rings. The Morgan fingerprint density at radius 3 is 2.77 bits per heavy atom. The van der Waals surface area contributed by atoms with E-state index in [0.29, 0.717) is 23.9 Å². The van der Waals surface area contributed by atoms with Gasteiger partial charge in [0.15, 0.2) is 5.89 Å². The lowest BCUT2D eigenvalue weighted by Crippen LogP contribution is -2.45. The minimum absolute atomic E-state index is 0.0577. The second kappa shape index (κ2) is 6.22. The highest BCUT2D eigenvalue weighted by Gasteiger charge is 2.27. The molecular weight excluding hydrogens is 278 g/mol. The first-order valence-electron chi connectivity index (χ1n) is 7.68. The minimum Gasteiger partial charge on any atom is -0.436 e. The molecule has 1 aromatic carbocycles. The number of hydrogen-bond donors (Lipinski definition) is 1. The Morgan fingerprint density at radius 1 is 1.32 bits per heavy atom. The first-order valence-corrected chi connectivity index (χ1v) is 7.68. The Labute approximate surface area is 130 Å². The topological polar surface area (TPSA) is 58.4 Å². The predicted octanol–water partition coefficient (Wildman–Crippen LogP) is 3.01. The zero-order chi connectivity index (χ0) is 15.5. The summed E-state index contributed by atoms with van der Waals surface area (Å²) in [5, 5.41) is 3.50. The lowest BCUT2D eigenvalue weighted by molar-refractivity contribution is 0.0680. The molecule has 1 aromatic heterocycles. The Kier molecular flexibility index (Phi) is 4.13. The molecule has 2 aromatic rings. The van der Waals surface area contributed by atoms with Crippen LogP contribution in [0.4, 0.5) is 5.69 Å². The van der Waals surface area contributed by atoms with Crippen molar-refractivity contribution in [2.75, 3.05) is 18.4 Å². The summed E-state index contributed by atoms with van der Waals surface area (Å²) < 4.78 is 5.46. The van der Waals surface area contributed by atoms with E-state index in [1.54, 1.807) is 6.92 Å². The summed E-state index contributed by atoms with van der Waals surface area (Å²) >= 11 is 0. The maximum Gasteiger partial charge on any atom is 0.291 e. The third-order valence-corrected chi connectivity index (χ3v) is 3.95. The van der Waals surface area contributed by atoms with Crippen molar-refractivity contribution in [2.24, 2.45) is 0 Å². The van der Waals surface area contributed by atoms with Crippen LogP contribution in [-0.2, 0) is 0 Å². The molecule has 1 aliphatic heterocycles. The van der Waals surface area contributed by atoms with E-state index in [9.17, 15) is 4.79 Å². The molecule has 0 radical (unpaired) electrons. The highest BCUT2D eigenvalue weighted by Crippen LogP contribution is 2.19. The molecular formula is C17H21N3O2. The number of aromatic nitrogens is 1. The lowest BCUT2D eigenvalue weighted by Gasteiger charge is -2.33. The number of amides is 1. The van der Waals surface area contributed by atoms with Crippen molar-refractivity contribution < 1.29 is 9.21 Å². The predicted molar refractivity (Wildman–Crippen MR) is 85.0 cm³/mol. The van der Waals surface area contributed by atoms with Crippen LogP contribution in [0.1, 0.15) is 35.0 Å². The number of rotatable bonds is 3. The van der Waals surface area contributed by atoms with Crippen LogP contribution in [0, 0.1) is 13.8 Å². The van der Waals surface area contributed by atoms with Gasteiger partial charge in [-0.2, -0.15) is 0 Å². The number of hydrogen-bond acceptors (Lipinski definition) is 4. The maximum absolute atomic E-state index is 12.6. The molecule has 116 valence electrons. The fourth-order valence-corrected chi connectivity index (χ4v) is 2.92. The molecule has 22 heavy (non-hydrogen) atoms. The monoisotopic (exact) mass is 299 g/mol. The SMILES string of the molecule is Cc1nc(C)c(C(=O)N2CCCC(Nc3ccccc3)C2)o1. The third kappa shape index (κ3) is 3.13. The number of aryl methyl sites for hydroxylation is 2. The van der Waals surface area contributed by atoms with Gasteiger partial charge in [0.2, 0.25) is 5.76 Å². The van der Waals surface area contributed by atoms with Crippen molar-refractivity contribution in [3.05, 3.63) is 47.7 Å². The summed E-state index contributed by atoms with van der Waals surface area (Å²) in [4.78, 5) is 18.6. The fraction of sp³-hybridized carbons (Fsp3) is 0.412. The lowest BCUT2D eigenvalue weighted by atomic mass is 10.0. The third-order valence-electron chi connectivity index (χ3n) is 3.95. The van der Waals surface area contributed by atoms with Gasteiger partial charge in [0, 0.05) is 31.7 Å². The number of likely N-dealkylation sites (tertiary alicyclic amines) is 1. The van der Waals surface area contributed by atoms with Gasteiger partial charge in [-0.05, 0) is 31.9 Å². The largest absolute Gasteiger partial charge is 0.436 e. The van der Waals surface area contributed by atoms with Gasteiger partial charge in [0.25, 0.3) is 5.91 Å². The van der Waals surface area contributed by atoms with Gasteiger partial charge in [-0.3, -0.25) is 4.79 Å². The van der Waals surface area contributed by atoms with E-state index in [1.165, 1.54) is 0 Å². The van der Waals surface area contributed by atoms with Crippen molar-refractivity contribution in [2.45, 2.75) is 32.7 Å². The molecule has 0 saturated carbocycles. The van der Waals surface area contributed by atoms with E-state index in [4.69, 9.17) is 4.42 Å². The van der Waals surface area contributed by atoms with Crippen molar-refractivity contribution in [1.82, 2.24) is 9.88 Å². The summed E-state index contributed by atoms with van der Waals surface area (Å²) in [7, 11) is 0. The fourth-order valence-electron chi connectivity index (χ4n) is 2.92. The van der Waals surface area contributed by atoms with Crippen molar-refractivity contribution >= 4 is 11.6 Å². The van der Waals surface area contributed by atoms with E-state index in [2.05, 4.69) is 10.3 Å². The van der Waals surface area contributed by atoms with Gasteiger partial charge < -0.3 is 14.6 Å². The van der Waals surface area contributed by atoms with Gasteiger partial charge in [0.05, 0.1) is 5.69 Å². The molecule has 0 bridgehead atoms. The van der Waals surface area contributed by atoms with E-state index in [-0.39, 0.29) is 11.9 Å². The molecule has 1 amide bonds. The van der Waals surface area contributed by atoms with Crippen molar-refractivity contribution in [1.29, 1.82) is 0 Å². The standard InChI is InChI=1S/C17H21N3O2/c1-12-16(22-13(2)18-12)17(21)20-10-6-9-15(11-20)19-14-7-4-3-5-8-14/h3-5,7-8,15,19H,6,9-11H2,1-2H3. The summed E-state index contributed by atoms with van der Waals surface area (Å²) in [6.45, 7) is 5.03. The van der Waals surface area contributed by atoms with Crippen LogP contribution in [-0.4, -0.2) is 34.9 Å². The summed E-state index contributed by atoms with van der Waals surface area (Å²) in [6.07, 6.45) is 2.05. The number of oxazole rings is 1. The second-order valence-corrected chi connectivity index (χ2v) is 5.75. The van der Waals surface area contributed by atoms with E-state index >= 15 is 0 Å². The maximum atomic E-state index is 12.6. The smallest absolute Gasteiger partial charge is 0.291 e. The average Bonchev–Trinajstić information content (AvgIpc) is 2.86. The summed E-state index contributed by atoms with van der Waals surface area (Å²) in [6, 6.07) is 10.4. The average molecular weight is 299 g/mol. The highest BCUT2D eigenvalue weighted by molar-refractivity contribution is 5.92. The summed E-state index contributed by atoms with van der Waals surface area (Å²) in [5.74, 6) is 0.854. The van der Waals surface area contributed by atoms with Crippen LogP contribution in [0.3, 0.4) is 0 Å². The second-order valence-electron chi connectivity index (χ2n) is 5.75. The Morgan fingerprint density at radius 2 is 2.09 bits per heavy atom. The van der Waals surface area contributed by atoms with Crippen molar-refractivity contribution in [3.8, 4) is 0 Å². The number of piperidine rings is 1. The molecule has 2 heterocycles. The molecule has 1 N–H and O–H groups in total. The number of nitrogens with zero attached hydrogens (tertiary/aromatic N) is 2. The number of carbonyl (C=O) groups is 1. The number of benzene rings is 1. The number of carbonyl (C=O) groups excluding carboxylic acids is 1. The van der Waals surface area contributed by atoms with Gasteiger partial charge >= 0.3 is 0 Å². The number of nitrogens with one attached hydrogen (secondary N) is 1. The molecule has 3 rings (SSSR count). The van der Waals surface area contributed by atoms with E-state index in [0.717, 1.165) is 25.1 Å². The molecule has 1 fully saturated rings. The van der Waals surface area contributed by atoms with E-state index in [1.807, 2.05) is 42.2 Å². The highest BCUT2D eigenvalue weighted by atomic mass is 16.4. The normalized spacial score (nSPS) is 18.3. The van der Waals surface area contributed by atoms with Gasteiger partial charge in [0.1, 0.15) is 0 Å². The van der Waals surface area contributed by atoms with Crippen molar-refractivity contribution in [3.63, 3.8) is 0 Å². The van der Waals surface area contributed by atoms with Gasteiger partial charge in [-0.15, -0.1) is 0 Å². The van der Waals surface area contributed by atoms with Crippen LogP contribution in [0.15, 0.2) is 34.7 Å². The van der Waals surface area contributed by atoms with Gasteiger partial charge in [-0.25, -0.2) is 4.98 Å². The van der Waals surface area contributed by atoms with Crippen LogP contribution < -0.4 is 5.32 Å². The Balaban J connectivity index is 1.68. The summed E-state index contributed by atoms with van der Waals surface area (Å²) in [5.41, 5.74) is 1.76. The van der Waals surface area contributed by atoms with Gasteiger partial charge in [-0.1, -0.05) is 18.2 Å². The van der Waals surface area contributed by atoms with E-state index < -0.39 is 0 Å². The molecule has 5 heteroatoms. The molecule has 5 nitrogen and oxygen atoms in total. The molecule has 1 unspecified atom stereocenters. The zero-order valence-electron chi connectivity index (χ0n) is 13.0. The van der Waals surface area contributed by atoms with Crippen LogP contribution in [0.5, 0.6) is 0 Å². The molecule has 0 spiro atoms. The minimum atomic E-state index is -0.0577. The Bertz CT molecular complexity index is 651. The number of para-hydroxylation sites is 1. The first-order chi connectivity index (χ1) is 10.6. The number of anilines is 1. The molecule has 1 atom stereocenters. The van der Waals surface area contributed by atoms with Crippen LogP contribution in [0.25, 0.3) is 0 Å². The zero-order valence-corrected chi connectivity index (χ0v) is 13.0. The van der Waals surface area contributed by atoms with Crippen LogP contribution in [0.2, 0.25) is 0 Å². The Hall–Kier alpha value is -2.30. The molecule has 0 aliphatic carbocycles. The molecule has 1 saturated heterocycles.